The van der Waals surface area contributed by atoms with Crippen LogP contribution in [0.15, 0.2) is 30.3 Å². The van der Waals surface area contributed by atoms with Crippen molar-refractivity contribution in [2.24, 2.45) is 0 Å². The number of ether oxygens (including phenoxy) is 2. The predicted molar refractivity (Wildman–Crippen MR) is 96.7 cm³/mol. The van der Waals surface area contributed by atoms with E-state index in [0.717, 1.165) is 4.88 Å². The van der Waals surface area contributed by atoms with E-state index in [4.69, 9.17) is 21.1 Å². The van der Waals surface area contributed by atoms with Crippen LogP contribution in [-0.2, 0) is 16.0 Å². The lowest BCUT2D eigenvalue weighted by Crippen LogP contribution is -2.41. The van der Waals surface area contributed by atoms with E-state index in [9.17, 15) is 14.0 Å². The van der Waals surface area contributed by atoms with Crippen molar-refractivity contribution in [1.82, 2.24) is 4.90 Å². The summed E-state index contributed by atoms with van der Waals surface area (Å²) in [6.45, 7) is 2.14. The molecule has 0 atom stereocenters. The number of hydrogen-bond donors (Lipinski definition) is 0. The first-order valence-electron chi connectivity index (χ1n) is 8.08. The Morgan fingerprint density at radius 2 is 2.00 bits per heavy atom. The largest absolute Gasteiger partial charge is 0.485 e. The number of amides is 1. The summed E-state index contributed by atoms with van der Waals surface area (Å²) in [5.41, 5.74) is 0. The summed E-state index contributed by atoms with van der Waals surface area (Å²) >= 11 is 6.96. The SMILES string of the molecule is O=C(COc1ccc(F)c(Cl)c1)c1ccc(CC(=O)N2CCOCC2)s1. The standard InChI is InChI=1S/C18H17ClFNO4S/c19-14-9-12(1-3-15(14)20)25-11-16(22)17-4-2-13(26-17)10-18(23)21-5-7-24-8-6-21/h1-4,9H,5-8,10-11H2. The summed E-state index contributed by atoms with van der Waals surface area (Å²) in [5, 5.41) is -0.0602. The van der Waals surface area contributed by atoms with Gasteiger partial charge in [0, 0.05) is 24.0 Å². The molecule has 2 heterocycles. The van der Waals surface area contributed by atoms with E-state index < -0.39 is 5.82 Å². The highest BCUT2D eigenvalue weighted by molar-refractivity contribution is 7.14. The Bertz CT molecular complexity index is 804. The van der Waals surface area contributed by atoms with Gasteiger partial charge in [0.25, 0.3) is 0 Å². The summed E-state index contributed by atoms with van der Waals surface area (Å²) in [6.07, 6.45) is 0.270. The summed E-state index contributed by atoms with van der Waals surface area (Å²) in [4.78, 5) is 27.6. The number of morpholine rings is 1. The van der Waals surface area contributed by atoms with Crippen molar-refractivity contribution in [2.45, 2.75) is 6.42 Å². The van der Waals surface area contributed by atoms with E-state index in [0.29, 0.717) is 36.9 Å². The van der Waals surface area contributed by atoms with Crippen LogP contribution in [0.1, 0.15) is 14.5 Å². The number of thiophene rings is 1. The highest BCUT2D eigenvalue weighted by Crippen LogP contribution is 2.22. The number of Topliss-reactive ketones (excluding diaryl/α,β-unsaturated/α-hetero) is 1. The molecule has 8 heteroatoms. The topological polar surface area (TPSA) is 55.8 Å². The van der Waals surface area contributed by atoms with Crippen molar-refractivity contribution in [3.8, 4) is 5.75 Å². The molecule has 1 fully saturated rings. The van der Waals surface area contributed by atoms with Crippen molar-refractivity contribution >= 4 is 34.6 Å². The molecule has 0 N–H and O–H groups in total. The number of halogens is 2. The number of benzene rings is 1. The molecule has 1 amide bonds. The molecule has 138 valence electrons. The summed E-state index contributed by atoms with van der Waals surface area (Å²) < 4.78 is 23.7. The normalized spacial score (nSPS) is 14.3. The minimum atomic E-state index is -0.543. The lowest BCUT2D eigenvalue weighted by atomic mass is 10.2. The van der Waals surface area contributed by atoms with Gasteiger partial charge in [-0.1, -0.05) is 11.6 Å². The van der Waals surface area contributed by atoms with Crippen molar-refractivity contribution in [3.05, 3.63) is 50.9 Å². The van der Waals surface area contributed by atoms with Crippen LogP contribution in [-0.4, -0.2) is 49.5 Å². The van der Waals surface area contributed by atoms with Crippen LogP contribution in [0.3, 0.4) is 0 Å². The fraction of sp³-hybridized carbons (Fsp3) is 0.333. The van der Waals surface area contributed by atoms with Gasteiger partial charge in [-0.3, -0.25) is 9.59 Å². The van der Waals surface area contributed by atoms with Crippen molar-refractivity contribution in [2.75, 3.05) is 32.9 Å². The van der Waals surface area contributed by atoms with E-state index in [2.05, 4.69) is 0 Å². The third-order valence-electron chi connectivity index (χ3n) is 3.89. The Morgan fingerprint density at radius 3 is 2.73 bits per heavy atom. The first-order valence-corrected chi connectivity index (χ1v) is 9.27. The van der Waals surface area contributed by atoms with Gasteiger partial charge in [-0.25, -0.2) is 4.39 Å². The summed E-state index contributed by atoms with van der Waals surface area (Å²) in [6, 6.07) is 7.39. The zero-order valence-electron chi connectivity index (χ0n) is 13.9. The molecular formula is C18H17ClFNO4S. The van der Waals surface area contributed by atoms with Crippen molar-refractivity contribution in [3.63, 3.8) is 0 Å². The Kier molecular flexibility index (Phi) is 6.24. The van der Waals surface area contributed by atoms with Gasteiger partial charge >= 0.3 is 0 Å². The van der Waals surface area contributed by atoms with Gasteiger partial charge in [-0.05, 0) is 24.3 Å². The smallest absolute Gasteiger partial charge is 0.227 e. The second-order valence-electron chi connectivity index (χ2n) is 5.72. The number of rotatable bonds is 6. The molecule has 0 unspecified atom stereocenters. The molecule has 1 aromatic carbocycles. The Balaban J connectivity index is 1.53. The highest BCUT2D eigenvalue weighted by atomic mass is 35.5. The summed E-state index contributed by atoms with van der Waals surface area (Å²) in [5.74, 6) is -0.394. The monoisotopic (exact) mass is 397 g/mol. The molecule has 3 rings (SSSR count). The van der Waals surface area contributed by atoms with Gasteiger partial charge in [0.15, 0.2) is 6.61 Å². The van der Waals surface area contributed by atoms with Crippen LogP contribution in [0, 0.1) is 5.82 Å². The molecule has 0 aliphatic carbocycles. The van der Waals surface area contributed by atoms with Gasteiger partial charge in [0.05, 0.1) is 29.5 Å². The maximum Gasteiger partial charge on any atom is 0.227 e. The molecule has 1 aliphatic heterocycles. The molecule has 26 heavy (non-hydrogen) atoms. The third kappa shape index (κ3) is 4.81. The Morgan fingerprint density at radius 1 is 1.23 bits per heavy atom. The second kappa shape index (κ2) is 8.62. The molecular weight excluding hydrogens is 381 g/mol. The maximum absolute atomic E-state index is 13.1. The minimum Gasteiger partial charge on any atom is -0.485 e. The molecule has 1 saturated heterocycles. The lowest BCUT2D eigenvalue weighted by molar-refractivity contribution is -0.134. The first-order chi connectivity index (χ1) is 12.5. The molecule has 0 radical (unpaired) electrons. The number of ketones is 1. The van der Waals surface area contributed by atoms with E-state index in [1.807, 2.05) is 0 Å². The quantitative estimate of drug-likeness (QED) is 0.702. The molecule has 1 aromatic heterocycles. The third-order valence-corrected chi connectivity index (χ3v) is 5.30. The Hall–Kier alpha value is -1.96. The van der Waals surface area contributed by atoms with Crippen LogP contribution < -0.4 is 4.74 Å². The number of carbonyl (C=O) groups excluding carboxylic acids is 2. The maximum atomic E-state index is 13.1. The van der Waals surface area contributed by atoms with E-state index in [1.54, 1.807) is 17.0 Å². The zero-order valence-corrected chi connectivity index (χ0v) is 15.4. The zero-order chi connectivity index (χ0) is 18.5. The highest BCUT2D eigenvalue weighted by Gasteiger charge is 2.19. The van der Waals surface area contributed by atoms with Gasteiger partial charge in [-0.2, -0.15) is 0 Å². The van der Waals surface area contributed by atoms with Crippen LogP contribution >= 0.6 is 22.9 Å². The number of hydrogen-bond acceptors (Lipinski definition) is 5. The van der Waals surface area contributed by atoms with Crippen LogP contribution in [0.2, 0.25) is 5.02 Å². The van der Waals surface area contributed by atoms with Gasteiger partial charge in [-0.15, -0.1) is 11.3 Å². The predicted octanol–water partition coefficient (Wildman–Crippen LogP) is 3.20. The molecule has 0 saturated carbocycles. The van der Waals surface area contributed by atoms with E-state index >= 15 is 0 Å². The molecule has 5 nitrogen and oxygen atoms in total. The van der Waals surface area contributed by atoms with Crippen molar-refractivity contribution < 1.29 is 23.5 Å². The van der Waals surface area contributed by atoms with Gasteiger partial charge < -0.3 is 14.4 Å². The number of carbonyl (C=O) groups is 2. The number of nitrogens with zero attached hydrogens (tertiary/aromatic N) is 1. The van der Waals surface area contributed by atoms with Crippen LogP contribution in [0.25, 0.3) is 0 Å². The molecule has 0 bridgehead atoms. The first kappa shape index (κ1) is 18.8. The lowest BCUT2D eigenvalue weighted by Gasteiger charge is -2.26. The fourth-order valence-electron chi connectivity index (χ4n) is 2.48. The van der Waals surface area contributed by atoms with Crippen LogP contribution in [0.5, 0.6) is 5.75 Å². The average molecular weight is 398 g/mol. The van der Waals surface area contributed by atoms with Crippen molar-refractivity contribution in [1.29, 1.82) is 0 Å². The molecule has 1 aliphatic rings. The van der Waals surface area contributed by atoms with E-state index in [-0.39, 0.29) is 29.7 Å². The Labute approximate surface area is 159 Å². The van der Waals surface area contributed by atoms with Crippen LogP contribution in [0.4, 0.5) is 4.39 Å². The minimum absolute atomic E-state index is 0.0337. The molecule has 0 spiro atoms. The van der Waals surface area contributed by atoms with E-state index in [1.165, 1.54) is 29.5 Å². The summed E-state index contributed by atoms with van der Waals surface area (Å²) in [7, 11) is 0. The fourth-order valence-corrected chi connectivity index (χ4v) is 3.58. The second-order valence-corrected chi connectivity index (χ2v) is 7.30. The molecule has 2 aromatic rings. The average Bonchev–Trinajstić information content (AvgIpc) is 3.11. The van der Waals surface area contributed by atoms with Gasteiger partial charge in [0.2, 0.25) is 11.7 Å². The van der Waals surface area contributed by atoms with Gasteiger partial charge in [0.1, 0.15) is 11.6 Å².